The molecule has 0 atom stereocenters. The second-order valence-electron chi connectivity index (χ2n) is 4.35. The minimum Gasteiger partial charge on any atom is -0.479 e. The lowest BCUT2D eigenvalue weighted by molar-refractivity contribution is 0.0939. The molecule has 0 saturated carbocycles. The summed E-state index contributed by atoms with van der Waals surface area (Å²) in [5.74, 6) is -0.339. The maximum atomic E-state index is 11.6. The Morgan fingerprint density at radius 2 is 1.88 bits per heavy atom. The Morgan fingerprint density at radius 1 is 1.24 bits per heavy atom. The SMILES string of the molecule is CCCCCCCCC(=O)c1nc(C)c(O)o1. The first-order valence-electron chi connectivity index (χ1n) is 6.34. The first kappa shape index (κ1) is 13.7. The lowest BCUT2D eigenvalue weighted by Crippen LogP contribution is -1.99. The molecule has 17 heavy (non-hydrogen) atoms. The van der Waals surface area contributed by atoms with E-state index in [-0.39, 0.29) is 17.6 Å². The van der Waals surface area contributed by atoms with Crippen LogP contribution < -0.4 is 0 Å². The summed E-state index contributed by atoms with van der Waals surface area (Å²) >= 11 is 0. The van der Waals surface area contributed by atoms with Crippen molar-refractivity contribution in [1.29, 1.82) is 0 Å². The van der Waals surface area contributed by atoms with E-state index < -0.39 is 0 Å². The van der Waals surface area contributed by atoms with Crippen molar-refractivity contribution in [2.45, 2.75) is 58.8 Å². The third-order valence-corrected chi connectivity index (χ3v) is 2.77. The Kier molecular flexibility index (Phi) is 5.73. The van der Waals surface area contributed by atoms with Gasteiger partial charge in [0.25, 0.3) is 5.89 Å². The molecule has 0 radical (unpaired) electrons. The molecular weight excluding hydrogens is 218 g/mol. The molecule has 1 N–H and O–H groups in total. The number of hydrogen-bond donors (Lipinski definition) is 1. The van der Waals surface area contributed by atoms with Gasteiger partial charge in [-0.2, -0.15) is 0 Å². The second-order valence-corrected chi connectivity index (χ2v) is 4.35. The Bertz CT molecular complexity index is 338. The van der Waals surface area contributed by atoms with Gasteiger partial charge in [0.05, 0.1) is 0 Å². The molecule has 4 nitrogen and oxygen atoms in total. The molecule has 1 heterocycles. The lowest BCUT2D eigenvalue weighted by atomic mass is 10.1. The van der Waals surface area contributed by atoms with Crippen LogP contribution in [0.1, 0.15) is 68.2 Å². The van der Waals surface area contributed by atoms with Crippen LogP contribution in [0.5, 0.6) is 5.95 Å². The molecule has 0 fully saturated rings. The van der Waals surface area contributed by atoms with Gasteiger partial charge in [-0.15, -0.1) is 0 Å². The van der Waals surface area contributed by atoms with Crippen molar-refractivity contribution in [3.63, 3.8) is 0 Å². The number of aryl methyl sites for hydroxylation is 1. The number of oxazole rings is 1. The van der Waals surface area contributed by atoms with Crippen LogP contribution in [0.15, 0.2) is 4.42 Å². The van der Waals surface area contributed by atoms with Gasteiger partial charge in [-0.1, -0.05) is 39.0 Å². The van der Waals surface area contributed by atoms with Gasteiger partial charge in [0.2, 0.25) is 5.78 Å². The number of aromatic nitrogens is 1. The van der Waals surface area contributed by atoms with E-state index in [0.717, 1.165) is 12.8 Å². The Balaban J connectivity index is 2.21. The fraction of sp³-hybridized carbons (Fsp3) is 0.692. The Hall–Kier alpha value is -1.32. The highest BCUT2D eigenvalue weighted by atomic mass is 16.5. The molecule has 4 heteroatoms. The molecule has 0 bridgehead atoms. The summed E-state index contributed by atoms with van der Waals surface area (Å²) in [6.45, 7) is 3.79. The van der Waals surface area contributed by atoms with Crippen molar-refractivity contribution in [3.05, 3.63) is 11.6 Å². The molecule has 0 aromatic carbocycles. The number of ketones is 1. The summed E-state index contributed by atoms with van der Waals surface area (Å²) in [5.41, 5.74) is 0.372. The highest BCUT2D eigenvalue weighted by Gasteiger charge is 2.15. The van der Waals surface area contributed by atoms with Gasteiger partial charge in [0.15, 0.2) is 0 Å². The van der Waals surface area contributed by atoms with Gasteiger partial charge < -0.3 is 9.52 Å². The van der Waals surface area contributed by atoms with Crippen molar-refractivity contribution in [1.82, 2.24) is 4.98 Å². The quantitative estimate of drug-likeness (QED) is 0.556. The van der Waals surface area contributed by atoms with E-state index in [9.17, 15) is 9.90 Å². The number of nitrogens with zero attached hydrogens (tertiary/aromatic N) is 1. The predicted octanol–water partition coefficient (Wildman–Crippen LogP) is 3.62. The average molecular weight is 239 g/mol. The zero-order valence-corrected chi connectivity index (χ0v) is 10.7. The van der Waals surface area contributed by atoms with E-state index in [2.05, 4.69) is 11.9 Å². The molecule has 0 spiro atoms. The molecule has 0 amide bonds. The highest BCUT2D eigenvalue weighted by Crippen LogP contribution is 2.18. The van der Waals surface area contributed by atoms with Gasteiger partial charge >= 0.3 is 5.95 Å². The van der Waals surface area contributed by atoms with Crippen LogP contribution in [-0.4, -0.2) is 15.9 Å². The topological polar surface area (TPSA) is 63.3 Å². The maximum Gasteiger partial charge on any atom is 0.306 e. The van der Waals surface area contributed by atoms with E-state index in [1.807, 2.05) is 0 Å². The van der Waals surface area contributed by atoms with Gasteiger partial charge in [-0.05, 0) is 13.3 Å². The molecule has 0 aliphatic carbocycles. The minimum absolute atomic E-state index is 0.0357. The number of carbonyl (C=O) groups excluding carboxylic acids is 1. The van der Waals surface area contributed by atoms with Crippen LogP contribution in [-0.2, 0) is 0 Å². The first-order valence-corrected chi connectivity index (χ1v) is 6.34. The fourth-order valence-electron chi connectivity index (χ4n) is 1.68. The van der Waals surface area contributed by atoms with Crippen LogP contribution in [0.2, 0.25) is 0 Å². The average Bonchev–Trinajstić information content (AvgIpc) is 2.64. The van der Waals surface area contributed by atoms with Crippen LogP contribution in [0.25, 0.3) is 0 Å². The molecule has 1 aromatic rings. The molecule has 0 aliphatic rings. The summed E-state index contributed by atoms with van der Waals surface area (Å²) in [4.78, 5) is 15.5. The van der Waals surface area contributed by atoms with Crippen molar-refractivity contribution in [3.8, 4) is 5.95 Å². The summed E-state index contributed by atoms with van der Waals surface area (Å²) in [6, 6.07) is 0. The van der Waals surface area contributed by atoms with Crippen LogP contribution in [0, 0.1) is 6.92 Å². The van der Waals surface area contributed by atoms with Crippen molar-refractivity contribution in [2.24, 2.45) is 0 Å². The van der Waals surface area contributed by atoms with Gasteiger partial charge in [0.1, 0.15) is 5.69 Å². The smallest absolute Gasteiger partial charge is 0.306 e. The van der Waals surface area contributed by atoms with Gasteiger partial charge in [0, 0.05) is 6.42 Å². The van der Waals surface area contributed by atoms with Crippen molar-refractivity contribution >= 4 is 5.78 Å². The normalized spacial score (nSPS) is 10.7. The molecule has 96 valence electrons. The summed E-state index contributed by atoms with van der Waals surface area (Å²) in [7, 11) is 0. The molecular formula is C13H21NO3. The van der Waals surface area contributed by atoms with E-state index >= 15 is 0 Å². The summed E-state index contributed by atoms with van der Waals surface area (Å²) in [5, 5.41) is 9.18. The van der Waals surface area contributed by atoms with E-state index in [1.165, 1.54) is 25.7 Å². The number of hydrogen-bond acceptors (Lipinski definition) is 4. The lowest BCUT2D eigenvalue weighted by Gasteiger charge is -1.98. The van der Waals surface area contributed by atoms with E-state index in [4.69, 9.17) is 4.42 Å². The number of Topliss-reactive ketones (excluding diaryl/α,β-unsaturated/α-hetero) is 1. The first-order chi connectivity index (χ1) is 8.15. The minimum atomic E-state index is -0.253. The van der Waals surface area contributed by atoms with E-state index in [0.29, 0.717) is 12.1 Å². The van der Waals surface area contributed by atoms with E-state index in [1.54, 1.807) is 6.92 Å². The number of aromatic hydroxyl groups is 1. The third-order valence-electron chi connectivity index (χ3n) is 2.77. The van der Waals surface area contributed by atoms with Crippen molar-refractivity contribution in [2.75, 3.05) is 0 Å². The Morgan fingerprint density at radius 3 is 2.47 bits per heavy atom. The molecule has 0 unspecified atom stereocenters. The second kappa shape index (κ2) is 7.09. The molecule has 1 aromatic heterocycles. The fourth-order valence-corrected chi connectivity index (χ4v) is 1.68. The molecule has 0 saturated heterocycles. The predicted molar refractivity (Wildman–Crippen MR) is 65.2 cm³/mol. The molecule has 1 rings (SSSR count). The molecule has 0 aliphatic heterocycles. The standard InChI is InChI=1S/C13H21NO3/c1-3-4-5-6-7-8-9-11(15)12-14-10(2)13(16)17-12/h16H,3-9H2,1-2H3. The van der Waals surface area contributed by atoms with Gasteiger partial charge in [-0.3, -0.25) is 4.79 Å². The number of unbranched alkanes of at least 4 members (excludes halogenated alkanes) is 5. The Labute approximate surface area is 102 Å². The van der Waals surface area contributed by atoms with Crippen LogP contribution in [0.3, 0.4) is 0 Å². The summed E-state index contributed by atoms with van der Waals surface area (Å²) in [6.07, 6.45) is 7.29. The monoisotopic (exact) mass is 239 g/mol. The number of rotatable bonds is 8. The zero-order chi connectivity index (χ0) is 12.7. The highest BCUT2D eigenvalue weighted by molar-refractivity contribution is 5.91. The largest absolute Gasteiger partial charge is 0.479 e. The van der Waals surface area contributed by atoms with Crippen LogP contribution in [0.4, 0.5) is 0 Å². The zero-order valence-electron chi connectivity index (χ0n) is 10.7. The maximum absolute atomic E-state index is 11.6. The summed E-state index contributed by atoms with van der Waals surface area (Å²) < 4.78 is 4.87. The third kappa shape index (κ3) is 4.59. The van der Waals surface area contributed by atoms with Crippen LogP contribution >= 0.6 is 0 Å². The van der Waals surface area contributed by atoms with Crippen molar-refractivity contribution < 1.29 is 14.3 Å². The van der Waals surface area contributed by atoms with Gasteiger partial charge in [-0.25, -0.2) is 4.98 Å². The number of carbonyl (C=O) groups is 1.